The largest absolute Gasteiger partial charge is 0.389 e. The van der Waals surface area contributed by atoms with E-state index in [0.29, 0.717) is 25.8 Å². The van der Waals surface area contributed by atoms with Gasteiger partial charge in [0, 0.05) is 13.1 Å². The second-order valence-electron chi connectivity index (χ2n) is 5.27. The van der Waals surface area contributed by atoms with Gasteiger partial charge in [0.15, 0.2) is 0 Å². The average Bonchev–Trinajstić information content (AvgIpc) is 2.43. The number of aliphatic hydroxyl groups excluding tert-OH is 1. The number of nitrogens with one attached hydrogen (secondary N) is 2. The number of ether oxygens (including phenoxy) is 1. The summed E-state index contributed by atoms with van der Waals surface area (Å²) in [7, 11) is 0. The van der Waals surface area contributed by atoms with E-state index in [1.54, 1.807) is 6.92 Å². The van der Waals surface area contributed by atoms with Crippen LogP contribution in [0.3, 0.4) is 0 Å². The molecular weight excluding hydrogens is 244 g/mol. The normalized spacial score (nSPS) is 19.9. The Morgan fingerprint density at radius 2 is 2.05 bits per heavy atom. The lowest BCUT2D eigenvalue weighted by molar-refractivity contribution is -0.122. The molecule has 0 spiro atoms. The van der Waals surface area contributed by atoms with E-state index in [4.69, 9.17) is 4.74 Å². The molecule has 0 heterocycles. The zero-order valence-corrected chi connectivity index (χ0v) is 12.2. The van der Waals surface area contributed by atoms with E-state index in [1.807, 2.05) is 6.92 Å². The van der Waals surface area contributed by atoms with Crippen molar-refractivity contribution in [3.05, 3.63) is 0 Å². The number of hydrogen-bond acceptors (Lipinski definition) is 4. The van der Waals surface area contributed by atoms with Crippen molar-refractivity contribution in [3.8, 4) is 0 Å². The molecule has 19 heavy (non-hydrogen) atoms. The van der Waals surface area contributed by atoms with Crippen molar-refractivity contribution in [3.63, 3.8) is 0 Å². The summed E-state index contributed by atoms with van der Waals surface area (Å²) in [6.45, 7) is 5.03. The number of hydrogen-bond donors (Lipinski definition) is 3. The van der Waals surface area contributed by atoms with Crippen LogP contribution in [0.15, 0.2) is 0 Å². The molecule has 1 aliphatic rings. The van der Waals surface area contributed by atoms with Crippen LogP contribution in [0.2, 0.25) is 0 Å². The van der Waals surface area contributed by atoms with E-state index in [9.17, 15) is 9.90 Å². The number of rotatable bonds is 8. The van der Waals surface area contributed by atoms with Gasteiger partial charge in [-0.15, -0.1) is 0 Å². The van der Waals surface area contributed by atoms with Crippen LogP contribution in [0.25, 0.3) is 0 Å². The smallest absolute Gasteiger partial charge is 0.236 e. The lowest BCUT2D eigenvalue weighted by Crippen LogP contribution is -2.45. The van der Waals surface area contributed by atoms with Gasteiger partial charge in [-0.25, -0.2) is 0 Å². The number of carbonyl (C=O) groups is 1. The van der Waals surface area contributed by atoms with Crippen molar-refractivity contribution in [2.45, 2.75) is 64.2 Å². The van der Waals surface area contributed by atoms with Crippen LogP contribution in [0, 0.1) is 0 Å². The Morgan fingerprint density at radius 3 is 2.68 bits per heavy atom. The first kappa shape index (κ1) is 16.4. The molecule has 5 nitrogen and oxygen atoms in total. The van der Waals surface area contributed by atoms with Gasteiger partial charge >= 0.3 is 0 Å². The Bertz CT molecular complexity index is 255. The number of carbonyl (C=O) groups excluding carboxylic acids is 1. The van der Waals surface area contributed by atoms with Crippen molar-refractivity contribution in [2.75, 3.05) is 19.7 Å². The molecule has 1 saturated carbocycles. The molecule has 5 heteroatoms. The minimum absolute atomic E-state index is 0.0390. The first-order chi connectivity index (χ1) is 9.13. The Kier molecular flexibility index (Phi) is 8.02. The third kappa shape index (κ3) is 6.89. The number of amides is 1. The molecule has 1 rings (SSSR count). The van der Waals surface area contributed by atoms with Crippen molar-refractivity contribution in [1.29, 1.82) is 0 Å². The molecule has 0 saturated heterocycles. The summed E-state index contributed by atoms with van der Waals surface area (Å²) in [5.74, 6) is -0.0390. The molecule has 0 aromatic rings. The molecule has 2 atom stereocenters. The zero-order valence-electron chi connectivity index (χ0n) is 12.2. The Balaban J connectivity index is 2.09. The molecule has 0 bridgehead atoms. The van der Waals surface area contributed by atoms with E-state index >= 15 is 0 Å². The quantitative estimate of drug-likeness (QED) is 0.611. The van der Waals surface area contributed by atoms with Gasteiger partial charge in [0.1, 0.15) is 0 Å². The zero-order chi connectivity index (χ0) is 14.1. The maximum Gasteiger partial charge on any atom is 0.236 e. The van der Waals surface area contributed by atoms with E-state index < -0.39 is 6.10 Å². The topological polar surface area (TPSA) is 70.6 Å². The fourth-order valence-electron chi connectivity index (χ4n) is 2.27. The predicted octanol–water partition coefficient (Wildman–Crippen LogP) is 0.811. The van der Waals surface area contributed by atoms with Gasteiger partial charge in [0.2, 0.25) is 5.91 Å². The first-order valence-electron chi connectivity index (χ1n) is 7.44. The summed E-state index contributed by atoms with van der Waals surface area (Å²) in [6, 6.07) is -0.288. The van der Waals surface area contributed by atoms with E-state index in [2.05, 4.69) is 10.6 Å². The van der Waals surface area contributed by atoms with E-state index in [-0.39, 0.29) is 11.9 Å². The summed E-state index contributed by atoms with van der Waals surface area (Å²) in [6.07, 6.45) is 5.72. The lowest BCUT2D eigenvalue weighted by atomic mass is 9.98. The average molecular weight is 272 g/mol. The molecule has 0 radical (unpaired) electrons. The van der Waals surface area contributed by atoms with Gasteiger partial charge in [-0.3, -0.25) is 4.79 Å². The number of aliphatic hydroxyl groups is 1. The standard InChI is InChI=1S/C14H28N2O3/c1-3-15-14(18)11(2)16-9-12(17)10-19-13-7-5-4-6-8-13/h11-13,16-17H,3-10H2,1-2H3,(H,15,18). The highest BCUT2D eigenvalue weighted by molar-refractivity contribution is 5.81. The molecule has 3 N–H and O–H groups in total. The molecule has 112 valence electrons. The lowest BCUT2D eigenvalue weighted by Gasteiger charge is -2.24. The third-order valence-electron chi connectivity index (χ3n) is 3.48. The second kappa shape index (κ2) is 9.28. The maximum atomic E-state index is 11.5. The van der Waals surface area contributed by atoms with Gasteiger partial charge in [-0.1, -0.05) is 19.3 Å². The van der Waals surface area contributed by atoms with Crippen LogP contribution in [-0.4, -0.2) is 49.0 Å². The Hall–Kier alpha value is -0.650. The SMILES string of the molecule is CCNC(=O)C(C)NCC(O)COC1CCCCC1. The van der Waals surface area contributed by atoms with Crippen LogP contribution >= 0.6 is 0 Å². The predicted molar refractivity (Wildman–Crippen MR) is 75.0 cm³/mol. The minimum atomic E-state index is -0.557. The maximum absolute atomic E-state index is 11.5. The van der Waals surface area contributed by atoms with Crippen LogP contribution < -0.4 is 10.6 Å². The Morgan fingerprint density at radius 1 is 1.37 bits per heavy atom. The molecule has 1 fully saturated rings. The van der Waals surface area contributed by atoms with Crippen molar-refractivity contribution in [2.24, 2.45) is 0 Å². The second-order valence-corrected chi connectivity index (χ2v) is 5.27. The minimum Gasteiger partial charge on any atom is -0.389 e. The molecule has 0 aliphatic heterocycles. The van der Waals surface area contributed by atoms with Gasteiger partial charge in [0.05, 0.1) is 24.9 Å². The van der Waals surface area contributed by atoms with Gasteiger partial charge < -0.3 is 20.5 Å². The van der Waals surface area contributed by atoms with Crippen molar-refractivity contribution < 1.29 is 14.6 Å². The molecule has 0 aromatic heterocycles. The van der Waals surface area contributed by atoms with Crippen molar-refractivity contribution >= 4 is 5.91 Å². The number of likely N-dealkylation sites (N-methyl/N-ethyl adjacent to an activating group) is 1. The molecular formula is C14H28N2O3. The summed E-state index contributed by atoms with van der Waals surface area (Å²) in [5, 5.41) is 15.6. The highest BCUT2D eigenvalue weighted by Crippen LogP contribution is 2.20. The van der Waals surface area contributed by atoms with E-state index in [1.165, 1.54) is 19.3 Å². The van der Waals surface area contributed by atoms with Gasteiger partial charge in [0.25, 0.3) is 0 Å². The summed E-state index contributed by atoms with van der Waals surface area (Å²) < 4.78 is 5.69. The van der Waals surface area contributed by atoms with Crippen LogP contribution in [0.4, 0.5) is 0 Å². The highest BCUT2D eigenvalue weighted by Gasteiger charge is 2.17. The Labute approximate surface area is 116 Å². The highest BCUT2D eigenvalue weighted by atomic mass is 16.5. The molecule has 1 amide bonds. The first-order valence-corrected chi connectivity index (χ1v) is 7.44. The van der Waals surface area contributed by atoms with Crippen LogP contribution in [-0.2, 0) is 9.53 Å². The fourth-order valence-corrected chi connectivity index (χ4v) is 2.27. The fraction of sp³-hybridized carbons (Fsp3) is 0.929. The van der Waals surface area contributed by atoms with Gasteiger partial charge in [-0.2, -0.15) is 0 Å². The third-order valence-corrected chi connectivity index (χ3v) is 3.48. The van der Waals surface area contributed by atoms with Crippen LogP contribution in [0.1, 0.15) is 46.0 Å². The monoisotopic (exact) mass is 272 g/mol. The van der Waals surface area contributed by atoms with Crippen molar-refractivity contribution in [1.82, 2.24) is 10.6 Å². The van der Waals surface area contributed by atoms with E-state index in [0.717, 1.165) is 12.8 Å². The van der Waals surface area contributed by atoms with Crippen LogP contribution in [0.5, 0.6) is 0 Å². The van der Waals surface area contributed by atoms with Gasteiger partial charge in [-0.05, 0) is 26.7 Å². The summed E-state index contributed by atoms with van der Waals surface area (Å²) in [5.41, 5.74) is 0. The molecule has 0 aromatic carbocycles. The summed E-state index contributed by atoms with van der Waals surface area (Å²) in [4.78, 5) is 11.5. The molecule has 1 aliphatic carbocycles. The molecule has 2 unspecified atom stereocenters. The summed E-state index contributed by atoms with van der Waals surface area (Å²) >= 11 is 0.